The molecule has 0 aliphatic heterocycles. The maximum Gasteiger partial charge on any atom is 0.295 e. The topological polar surface area (TPSA) is 210 Å². The zero-order chi connectivity index (χ0) is 34.6. The van der Waals surface area contributed by atoms with Gasteiger partial charge in [-0.3, -0.25) is 9.11 Å². The first-order valence-electron chi connectivity index (χ1n) is 14.5. The Morgan fingerprint density at radius 3 is 1.10 bits per heavy atom. The molecule has 0 saturated carbocycles. The summed E-state index contributed by atoms with van der Waals surface area (Å²) in [5.74, 6) is 0. The summed E-state index contributed by atoms with van der Waals surface area (Å²) in [5.41, 5.74) is 15.8. The normalized spacial score (nSPS) is 12.1. The van der Waals surface area contributed by atoms with E-state index in [1.165, 1.54) is 12.1 Å². The predicted molar refractivity (Wildman–Crippen MR) is 188 cm³/mol. The molecule has 6 aromatic rings. The first-order valence-corrected chi connectivity index (χ1v) is 17.4. The van der Waals surface area contributed by atoms with Gasteiger partial charge in [0.2, 0.25) is 0 Å². The first-order chi connectivity index (χ1) is 22.9. The molecule has 6 N–H and O–H groups in total. The Hall–Kier alpha value is -5.54. The molecule has 0 aromatic heterocycles. The maximum absolute atomic E-state index is 12.0. The number of nitrogens with two attached hydrogens (primary N) is 2. The predicted octanol–water partition coefficient (Wildman–Crippen LogP) is 9.17. The highest BCUT2D eigenvalue weighted by molar-refractivity contribution is 7.86. The minimum Gasteiger partial charge on any atom is -0.396 e. The van der Waals surface area contributed by atoms with Crippen molar-refractivity contribution in [3.05, 3.63) is 109 Å². The van der Waals surface area contributed by atoms with Gasteiger partial charge >= 0.3 is 0 Å². The summed E-state index contributed by atoms with van der Waals surface area (Å²) in [5, 5.41) is 18.1. The van der Waals surface area contributed by atoms with Gasteiger partial charge in [0.1, 0.15) is 21.2 Å². The molecular weight excluding hydrogens is 653 g/mol. The van der Waals surface area contributed by atoms with E-state index in [0.29, 0.717) is 22.1 Å². The zero-order valence-electron chi connectivity index (χ0n) is 25.7. The largest absolute Gasteiger partial charge is 0.396 e. The molecule has 0 aliphatic rings. The van der Waals surface area contributed by atoms with Crippen molar-refractivity contribution in [1.29, 1.82) is 0 Å². The molecule has 48 heavy (non-hydrogen) atoms. The Morgan fingerprint density at radius 1 is 0.479 bits per heavy atom. The van der Waals surface area contributed by atoms with Gasteiger partial charge in [-0.15, -0.1) is 10.2 Å². The van der Waals surface area contributed by atoms with Crippen molar-refractivity contribution in [2.45, 2.75) is 23.6 Å². The fourth-order valence-corrected chi connectivity index (χ4v) is 6.39. The van der Waals surface area contributed by atoms with E-state index in [1.54, 1.807) is 72.8 Å². The molecule has 0 saturated heterocycles. The molecule has 244 valence electrons. The number of azo groups is 2. The zero-order valence-corrected chi connectivity index (χ0v) is 27.3. The molecule has 12 nitrogen and oxygen atoms in total. The number of benzene rings is 6. The van der Waals surface area contributed by atoms with Crippen LogP contribution in [0.25, 0.3) is 32.7 Å². The number of fused-ring (bicyclic) bond motifs is 2. The second-order valence-electron chi connectivity index (χ2n) is 10.2. The number of anilines is 2. The fourth-order valence-electron chi connectivity index (χ4n) is 4.96. The smallest absolute Gasteiger partial charge is 0.295 e. The summed E-state index contributed by atoms with van der Waals surface area (Å²) in [6, 6.07) is 29.6. The Labute approximate surface area is 277 Å². The van der Waals surface area contributed by atoms with Gasteiger partial charge in [0.25, 0.3) is 20.2 Å². The van der Waals surface area contributed by atoms with Gasteiger partial charge in [0, 0.05) is 21.5 Å². The van der Waals surface area contributed by atoms with Crippen LogP contribution in [0.5, 0.6) is 0 Å². The number of nitrogen functional groups attached to an aromatic ring is 2. The standard InChI is InChI=1S/C32H24N6O6S2.C2H6/c33-31-25-7-3-1-5-23(25)29(45(39,40)41)17-27(31)37-35-21-13-9-19(10-14-21)20-11-15-22(16-12-20)36-38-28-18-30(46(42,43)44)24-6-2-4-8-26(24)32(28)34;1-2/h1-18H,33-34H2,(H,39,40,41)(H,42,43,44);1-2H3. The Bertz CT molecular complexity index is 2260. The molecule has 0 bridgehead atoms. The van der Waals surface area contributed by atoms with Crippen molar-refractivity contribution in [1.82, 2.24) is 0 Å². The third-order valence-corrected chi connectivity index (χ3v) is 9.01. The van der Waals surface area contributed by atoms with Crippen LogP contribution in [0, 0.1) is 0 Å². The summed E-state index contributed by atoms with van der Waals surface area (Å²) in [4.78, 5) is -0.624. The van der Waals surface area contributed by atoms with Crippen LogP contribution in [0.3, 0.4) is 0 Å². The molecule has 6 rings (SSSR count). The molecule has 6 aromatic carbocycles. The van der Waals surface area contributed by atoms with E-state index in [-0.39, 0.29) is 43.3 Å². The Balaban J connectivity index is 0.00000221. The first kappa shape index (κ1) is 33.8. The highest BCUT2D eigenvalue weighted by Gasteiger charge is 2.19. The second-order valence-corrected chi connectivity index (χ2v) is 12.9. The fraction of sp³-hybridized carbons (Fsp3) is 0.0588. The molecule has 14 heteroatoms. The second kappa shape index (κ2) is 13.7. The Kier molecular flexibility index (Phi) is 9.63. The van der Waals surface area contributed by atoms with Crippen LogP contribution in [0.4, 0.5) is 34.1 Å². The molecule has 0 unspecified atom stereocenters. The van der Waals surface area contributed by atoms with Crippen LogP contribution >= 0.6 is 0 Å². The molecule has 0 radical (unpaired) electrons. The van der Waals surface area contributed by atoms with Crippen LogP contribution in [-0.2, 0) is 20.2 Å². The van der Waals surface area contributed by atoms with Crippen LogP contribution in [0.1, 0.15) is 13.8 Å². The minimum absolute atomic E-state index is 0.0970. The molecule has 0 amide bonds. The third kappa shape index (κ3) is 7.06. The molecule has 0 heterocycles. The van der Waals surface area contributed by atoms with Gasteiger partial charge in [-0.1, -0.05) is 86.6 Å². The lowest BCUT2D eigenvalue weighted by molar-refractivity contribution is 0.482. The van der Waals surface area contributed by atoms with E-state index in [9.17, 15) is 25.9 Å². The number of nitrogens with zero attached hydrogens (tertiary/aromatic N) is 4. The lowest BCUT2D eigenvalue weighted by Gasteiger charge is -2.09. The number of hydrogen-bond donors (Lipinski definition) is 4. The van der Waals surface area contributed by atoms with Crippen molar-refractivity contribution in [3.63, 3.8) is 0 Å². The van der Waals surface area contributed by atoms with Crippen molar-refractivity contribution in [2.75, 3.05) is 11.5 Å². The highest BCUT2D eigenvalue weighted by atomic mass is 32.2. The van der Waals surface area contributed by atoms with Crippen LogP contribution in [0.2, 0.25) is 0 Å². The monoisotopic (exact) mass is 682 g/mol. The lowest BCUT2D eigenvalue weighted by atomic mass is 10.1. The van der Waals surface area contributed by atoms with Gasteiger partial charge < -0.3 is 11.5 Å². The van der Waals surface area contributed by atoms with Gasteiger partial charge in [-0.05, 0) is 47.5 Å². The quantitative estimate of drug-likeness (QED) is 0.0722. The molecular formula is C34H30N6O6S2. The van der Waals surface area contributed by atoms with E-state index in [4.69, 9.17) is 11.5 Å². The van der Waals surface area contributed by atoms with E-state index in [1.807, 2.05) is 38.1 Å². The van der Waals surface area contributed by atoms with Gasteiger partial charge in [0.05, 0.1) is 22.7 Å². The third-order valence-electron chi connectivity index (χ3n) is 7.22. The van der Waals surface area contributed by atoms with Crippen molar-refractivity contribution < 1.29 is 25.9 Å². The Morgan fingerprint density at radius 2 is 0.792 bits per heavy atom. The van der Waals surface area contributed by atoms with Crippen LogP contribution in [0.15, 0.2) is 139 Å². The van der Waals surface area contributed by atoms with Crippen molar-refractivity contribution >= 4 is 75.9 Å². The average molecular weight is 683 g/mol. The van der Waals surface area contributed by atoms with Gasteiger partial charge in [0.15, 0.2) is 0 Å². The average Bonchev–Trinajstić information content (AvgIpc) is 3.08. The molecule has 0 aliphatic carbocycles. The summed E-state index contributed by atoms with van der Waals surface area (Å²) < 4.78 is 67.4. The summed E-state index contributed by atoms with van der Waals surface area (Å²) in [6.45, 7) is 4.00. The summed E-state index contributed by atoms with van der Waals surface area (Å²) in [7, 11) is -9.07. The number of hydrogen-bond acceptors (Lipinski definition) is 10. The SMILES string of the molecule is CC.Nc1c(N=Nc2ccc(-c3ccc(N=Nc4cc(S(=O)(=O)O)c5ccccc5c4N)cc3)cc2)cc(S(=O)(=O)O)c2ccccc12. The lowest BCUT2D eigenvalue weighted by Crippen LogP contribution is -2.01. The minimum atomic E-state index is -4.53. The van der Waals surface area contributed by atoms with E-state index in [0.717, 1.165) is 11.1 Å². The van der Waals surface area contributed by atoms with Crippen molar-refractivity contribution in [3.8, 4) is 11.1 Å². The number of rotatable bonds is 7. The van der Waals surface area contributed by atoms with Crippen LogP contribution in [-0.4, -0.2) is 25.9 Å². The summed E-state index contributed by atoms with van der Waals surface area (Å²) >= 11 is 0. The maximum atomic E-state index is 12.0. The van der Waals surface area contributed by atoms with E-state index >= 15 is 0 Å². The van der Waals surface area contributed by atoms with Crippen LogP contribution < -0.4 is 11.5 Å². The molecule has 0 fully saturated rings. The van der Waals surface area contributed by atoms with E-state index < -0.39 is 20.2 Å². The van der Waals surface area contributed by atoms with Gasteiger partial charge in [-0.2, -0.15) is 27.1 Å². The molecule has 0 atom stereocenters. The van der Waals surface area contributed by atoms with E-state index in [2.05, 4.69) is 20.5 Å². The van der Waals surface area contributed by atoms with Crippen molar-refractivity contribution in [2.24, 2.45) is 20.5 Å². The van der Waals surface area contributed by atoms with Gasteiger partial charge in [-0.25, -0.2) is 0 Å². The molecule has 0 spiro atoms. The highest BCUT2D eigenvalue weighted by Crippen LogP contribution is 2.38. The summed E-state index contributed by atoms with van der Waals surface area (Å²) in [6.07, 6.45) is 0.